The van der Waals surface area contributed by atoms with Gasteiger partial charge >= 0.3 is 0 Å². The lowest BCUT2D eigenvalue weighted by Gasteiger charge is -2.17. The smallest absolute Gasteiger partial charge is 0.232 e. The molecule has 23 heavy (non-hydrogen) atoms. The molecule has 2 nitrogen and oxygen atoms in total. The summed E-state index contributed by atoms with van der Waals surface area (Å²) in [6.07, 6.45) is 13.1. The third kappa shape index (κ3) is 8.41. The predicted molar refractivity (Wildman–Crippen MR) is 95.7 cm³/mol. The van der Waals surface area contributed by atoms with Gasteiger partial charge in [0.2, 0.25) is 6.34 Å². The number of unbranched alkanes of at least 4 members (excludes halogenated alkanes) is 4. The Kier molecular flexibility index (Phi) is 10.8. The van der Waals surface area contributed by atoms with Crippen molar-refractivity contribution in [3.63, 3.8) is 0 Å². The summed E-state index contributed by atoms with van der Waals surface area (Å²) in [5.74, 6) is 0.832. The van der Waals surface area contributed by atoms with Gasteiger partial charge in [-0.1, -0.05) is 69.4 Å². The molecule has 0 fully saturated rings. The molecule has 0 saturated carbocycles. The molecule has 2 rings (SSSR count). The fourth-order valence-corrected chi connectivity index (χ4v) is 3.32. The van der Waals surface area contributed by atoms with Gasteiger partial charge in [0.25, 0.3) is 0 Å². The highest BCUT2D eigenvalue weighted by atomic mass is 35.5. The molecule has 0 radical (unpaired) electrons. The second-order valence-corrected chi connectivity index (χ2v) is 6.67. The molecule has 1 aliphatic rings. The van der Waals surface area contributed by atoms with E-state index in [1.54, 1.807) is 0 Å². The Bertz CT molecular complexity index is 431. The van der Waals surface area contributed by atoms with E-state index in [1.807, 2.05) is 0 Å². The fourth-order valence-electron chi connectivity index (χ4n) is 3.32. The van der Waals surface area contributed by atoms with Crippen LogP contribution in [0.2, 0.25) is 0 Å². The van der Waals surface area contributed by atoms with E-state index in [2.05, 4.69) is 53.5 Å². The summed E-state index contributed by atoms with van der Waals surface area (Å²) in [5.41, 5.74) is 1.50. The molecule has 1 N–H and O–H groups in total. The lowest BCUT2D eigenvalue weighted by molar-refractivity contribution is -0.515. The van der Waals surface area contributed by atoms with Crippen LogP contribution in [0.1, 0.15) is 57.4 Å². The zero-order valence-electron chi connectivity index (χ0n) is 14.6. The molecule has 0 aromatic heterocycles. The van der Waals surface area contributed by atoms with Crippen LogP contribution in [0.4, 0.5) is 0 Å². The van der Waals surface area contributed by atoms with Crippen molar-refractivity contribution >= 4 is 6.34 Å². The van der Waals surface area contributed by atoms with Crippen LogP contribution in [0.25, 0.3) is 0 Å². The van der Waals surface area contributed by atoms with Gasteiger partial charge in [-0.2, -0.15) is 0 Å². The number of hydrogen-bond acceptors (Lipinski definition) is 1. The molecule has 1 unspecified atom stereocenters. The second kappa shape index (κ2) is 12.4. The molecular weight excluding hydrogens is 304 g/mol. The van der Waals surface area contributed by atoms with Gasteiger partial charge in [-0.15, -0.1) is 0 Å². The van der Waals surface area contributed by atoms with Crippen molar-refractivity contribution in [2.75, 3.05) is 19.6 Å². The molecule has 130 valence electrons. The molecular formula is C20H33ClN2. The van der Waals surface area contributed by atoms with Crippen molar-refractivity contribution in [1.82, 2.24) is 5.32 Å². The summed E-state index contributed by atoms with van der Waals surface area (Å²) in [7, 11) is 0. The summed E-state index contributed by atoms with van der Waals surface area (Å²) >= 11 is 0. The first-order valence-corrected chi connectivity index (χ1v) is 9.23. The molecule has 1 aromatic rings. The minimum absolute atomic E-state index is 0. The average Bonchev–Trinajstić information content (AvgIpc) is 3.06. The number of nitrogens with zero attached hydrogens (tertiary/aromatic N) is 1. The largest absolute Gasteiger partial charge is 1.00 e. The molecule has 0 saturated heterocycles. The van der Waals surface area contributed by atoms with Crippen LogP contribution < -0.4 is 17.7 Å². The summed E-state index contributed by atoms with van der Waals surface area (Å²) in [6, 6.07) is 11.0. The van der Waals surface area contributed by atoms with Crippen molar-refractivity contribution in [2.45, 2.75) is 58.3 Å². The summed E-state index contributed by atoms with van der Waals surface area (Å²) in [6.45, 7) is 5.78. The zero-order chi connectivity index (χ0) is 15.5. The molecule has 1 aromatic carbocycles. The number of nitrogens with one attached hydrogen (secondary N) is 1. The highest BCUT2D eigenvalue weighted by Gasteiger charge is 2.14. The van der Waals surface area contributed by atoms with Gasteiger partial charge in [0.05, 0.1) is 6.54 Å². The van der Waals surface area contributed by atoms with E-state index in [-0.39, 0.29) is 12.4 Å². The molecule has 1 aliphatic heterocycles. The third-order valence-corrected chi connectivity index (χ3v) is 4.72. The molecule has 0 spiro atoms. The number of rotatable bonds is 11. The Hall–Kier alpha value is -1.02. The van der Waals surface area contributed by atoms with Crippen LogP contribution in [0, 0.1) is 5.92 Å². The first-order valence-electron chi connectivity index (χ1n) is 9.23. The van der Waals surface area contributed by atoms with Gasteiger partial charge in [-0.3, -0.25) is 9.89 Å². The van der Waals surface area contributed by atoms with E-state index < -0.39 is 0 Å². The number of halogens is 1. The van der Waals surface area contributed by atoms with E-state index in [0.717, 1.165) is 12.5 Å². The van der Waals surface area contributed by atoms with Crippen LogP contribution in [-0.4, -0.2) is 30.5 Å². The second-order valence-electron chi connectivity index (χ2n) is 6.67. The number of hydrogen-bond donors (Lipinski definition) is 1. The summed E-state index contributed by atoms with van der Waals surface area (Å²) < 4.78 is 2.44. The molecule has 1 heterocycles. The van der Waals surface area contributed by atoms with Crippen molar-refractivity contribution < 1.29 is 17.0 Å². The van der Waals surface area contributed by atoms with Crippen LogP contribution in [0.15, 0.2) is 30.3 Å². The quantitative estimate of drug-likeness (QED) is 0.475. The Balaban J connectivity index is 0.00000264. The van der Waals surface area contributed by atoms with Gasteiger partial charge in [-0.05, 0) is 30.7 Å². The third-order valence-electron chi connectivity index (χ3n) is 4.72. The maximum absolute atomic E-state index is 3.31. The molecule has 0 bridgehead atoms. The van der Waals surface area contributed by atoms with Crippen molar-refractivity contribution in [1.29, 1.82) is 0 Å². The first-order chi connectivity index (χ1) is 10.9. The highest BCUT2D eigenvalue weighted by molar-refractivity contribution is 5.49. The van der Waals surface area contributed by atoms with E-state index >= 15 is 0 Å². The fraction of sp³-hybridized carbons (Fsp3) is 0.650. The minimum atomic E-state index is 0. The summed E-state index contributed by atoms with van der Waals surface area (Å²) in [4.78, 5) is 0. The standard InChI is InChI=1S/C20H32N2.ClH/c1-2-3-4-5-7-12-20(13-15-22-16-14-21-18-22)17-19-10-8-6-9-11-19;/h6,8-11,18,20H,2-5,7,12-17H2,1H3;1H. The minimum Gasteiger partial charge on any atom is -1.00 e. The Morgan fingerprint density at radius 1 is 1.04 bits per heavy atom. The van der Waals surface area contributed by atoms with Gasteiger partial charge in [0.15, 0.2) is 0 Å². The van der Waals surface area contributed by atoms with Crippen LogP contribution in [0.3, 0.4) is 0 Å². The molecule has 3 heteroatoms. The van der Waals surface area contributed by atoms with E-state index in [0.29, 0.717) is 0 Å². The van der Waals surface area contributed by atoms with E-state index in [1.165, 1.54) is 70.0 Å². The lowest BCUT2D eigenvalue weighted by Crippen LogP contribution is -3.00. The first kappa shape index (κ1) is 20.0. The predicted octanol–water partition coefficient (Wildman–Crippen LogP) is 1.24. The highest BCUT2D eigenvalue weighted by Crippen LogP contribution is 2.20. The van der Waals surface area contributed by atoms with Crippen LogP contribution >= 0.6 is 0 Å². The van der Waals surface area contributed by atoms with E-state index in [4.69, 9.17) is 0 Å². The van der Waals surface area contributed by atoms with Gasteiger partial charge in [-0.25, -0.2) is 0 Å². The average molecular weight is 337 g/mol. The SMILES string of the molecule is CCCCCCCC(CC[N+]1=CNCC1)Cc1ccccc1.[Cl-]. The lowest BCUT2D eigenvalue weighted by atomic mass is 9.90. The number of benzene rings is 1. The summed E-state index contributed by atoms with van der Waals surface area (Å²) in [5, 5.41) is 3.31. The van der Waals surface area contributed by atoms with Crippen molar-refractivity contribution in [2.24, 2.45) is 5.92 Å². The van der Waals surface area contributed by atoms with Gasteiger partial charge in [0, 0.05) is 0 Å². The monoisotopic (exact) mass is 336 g/mol. The zero-order valence-corrected chi connectivity index (χ0v) is 15.4. The molecule has 0 aliphatic carbocycles. The van der Waals surface area contributed by atoms with Crippen LogP contribution in [0.5, 0.6) is 0 Å². The van der Waals surface area contributed by atoms with Gasteiger partial charge < -0.3 is 12.4 Å². The Morgan fingerprint density at radius 2 is 1.83 bits per heavy atom. The van der Waals surface area contributed by atoms with E-state index in [9.17, 15) is 0 Å². The normalized spacial score (nSPS) is 14.7. The molecule has 0 amide bonds. The van der Waals surface area contributed by atoms with Crippen LogP contribution in [-0.2, 0) is 6.42 Å². The Labute approximate surface area is 148 Å². The van der Waals surface area contributed by atoms with Crippen molar-refractivity contribution in [3.8, 4) is 0 Å². The topological polar surface area (TPSA) is 15.0 Å². The molecule has 1 atom stereocenters. The van der Waals surface area contributed by atoms with Crippen molar-refractivity contribution in [3.05, 3.63) is 35.9 Å². The maximum atomic E-state index is 3.31. The maximum Gasteiger partial charge on any atom is 0.232 e. The Morgan fingerprint density at radius 3 is 2.52 bits per heavy atom. The van der Waals surface area contributed by atoms with Gasteiger partial charge in [0.1, 0.15) is 13.1 Å².